The quantitative estimate of drug-likeness (QED) is 0.755. The van der Waals surface area contributed by atoms with Crippen LogP contribution in [0.2, 0.25) is 0 Å². The molecule has 1 heterocycles. The topological polar surface area (TPSA) is 77.2 Å². The first-order valence-electron chi connectivity index (χ1n) is 7.08. The summed E-state index contributed by atoms with van der Waals surface area (Å²) in [5.74, 6) is -0.194. The van der Waals surface area contributed by atoms with E-state index in [0.717, 1.165) is 10.6 Å². The maximum absolute atomic E-state index is 12.1. The molecule has 1 aromatic carbocycles. The summed E-state index contributed by atoms with van der Waals surface area (Å²) in [5.41, 5.74) is 6.50. The number of rotatable bonds is 7. The zero-order valence-electron chi connectivity index (χ0n) is 13.0. The molecule has 0 bridgehead atoms. The average molecular weight is 396 g/mol. The van der Waals surface area contributed by atoms with Gasteiger partial charge in [-0.2, -0.15) is 13.2 Å². The molecule has 0 radical (unpaired) electrons. The second-order valence-electron chi connectivity index (χ2n) is 4.90. The van der Waals surface area contributed by atoms with Crippen molar-refractivity contribution >= 4 is 29.7 Å². The molecule has 0 spiro atoms. The van der Waals surface area contributed by atoms with E-state index in [2.05, 4.69) is 15.0 Å². The van der Waals surface area contributed by atoms with Gasteiger partial charge in [0, 0.05) is 18.3 Å². The molecule has 138 valence electrons. The van der Waals surface area contributed by atoms with E-state index in [-0.39, 0.29) is 30.6 Å². The van der Waals surface area contributed by atoms with Gasteiger partial charge in [0.1, 0.15) is 11.4 Å². The molecular formula is C15H17ClF3N3O2S. The molecule has 0 saturated carbocycles. The summed E-state index contributed by atoms with van der Waals surface area (Å²) in [5, 5.41) is 5.16. The SMILES string of the molecule is Cl.NCCc1nc(C(=O)NCc2ccc(OCC(F)(F)F)cc2)cs1. The van der Waals surface area contributed by atoms with Crippen molar-refractivity contribution in [2.24, 2.45) is 5.73 Å². The summed E-state index contributed by atoms with van der Waals surface area (Å²) < 4.78 is 40.8. The summed E-state index contributed by atoms with van der Waals surface area (Å²) in [7, 11) is 0. The zero-order chi connectivity index (χ0) is 17.6. The van der Waals surface area contributed by atoms with Gasteiger partial charge in [-0.25, -0.2) is 4.98 Å². The molecule has 0 aliphatic heterocycles. The van der Waals surface area contributed by atoms with Gasteiger partial charge in [0.2, 0.25) is 0 Å². The highest BCUT2D eigenvalue weighted by Crippen LogP contribution is 2.19. The number of thiazole rings is 1. The fourth-order valence-corrected chi connectivity index (χ4v) is 2.59. The number of alkyl halides is 3. The first kappa shape index (κ1) is 21.2. The largest absolute Gasteiger partial charge is 0.484 e. The smallest absolute Gasteiger partial charge is 0.422 e. The molecule has 1 amide bonds. The lowest BCUT2D eigenvalue weighted by Gasteiger charge is -2.09. The number of halogens is 4. The van der Waals surface area contributed by atoms with E-state index < -0.39 is 12.8 Å². The van der Waals surface area contributed by atoms with Crippen molar-refractivity contribution in [3.05, 3.63) is 45.9 Å². The summed E-state index contributed by atoms with van der Waals surface area (Å²) in [4.78, 5) is 16.1. The molecule has 10 heteroatoms. The molecule has 25 heavy (non-hydrogen) atoms. The minimum absolute atomic E-state index is 0. The molecule has 5 nitrogen and oxygen atoms in total. The van der Waals surface area contributed by atoms with E-state index in [1.807, 2.05) is 0 Å². The van der Waals surface area contributed by atoms with Crippen molar-refractivity contribution in [3.8, 4) is 5.75 Å². The maximum Gasteiger partial charge on any atom is 0.422 e. The minimum Gasteiger partial charge on any atom is -0.484 e. The van der Waals surface area contributed by atoms with Crippen LogP contribution in [0.25, 0.3) is 0 Å². The fourth-order valence-electron chi connectivity index (χ4n) is 1.80. The van der Waals surface area contributed by atoms with E-state index in [1.54, 1.807) is 17.5 Å². The number of nitrogens with two attached hydrogens (primary N) is 1. The number of hydrogen-bond acceptors (Lipinski definition) is 5. The highest BCUT2D eigenvalue weighted by atomic mass is 35.5. The summed E-state index contributed by atoms with van der Waals surface area (Å²) in [6.45, 7) is -0.627. The summed E-state index contributed by atoms with van der Waals surface area (Å²) in [6.07, 6.45) is -3.75. The minimum atomic E-state index is -4.37. The van der Waals surface area contributed by atoms with E-state index in [4.69, 9.17) is 5.73 Å². The number of ether oxygens (including phenoxy) is 1. The second kappa shape index (κ2) is 9.59. The molecule has 0 fully saturated rings. The van der Waals surface area contributed by atoms with E-state index in [1.165, 1.54) is 23.5 Å². The van der Waals surface area contributed by atoms with Crippen LogP contribution in [0.15, 0.2) is 29.6 Å². The number of hydrogen-bond donors (Lipinski definition) is 2. The maximum atomic E-state index is 12.1. The number of amides is 1. The van der Waals surface area contributed by atoms with Gasteiger partial charge in [0.25, 0.3) is 5.91 Å². The van der Waals surface area contributed by atoms with Crippen LogP contribution in [-0.2, 0) is 13.0 Å². The lowest BCUT2D eigenvalue weighted by molar-refractivity contribution is -0.153. The Balaban J connectivity index is 0.00000312. The fraction of sp³-hybridized carbons (Fsp3) is 0.333. The first-order valence-corrected chi connectivity index (χ1v) is 7.96. The Kier molecular flexibility index (Phi) is 8.14. The molecule has 0 saturated heterocycles. The van der Waals surface area contributed by atoms with Crippen molar-refractivity contribution in [3.63, 3.8) is 0 Å². The van der Waals surface area contributed by atoms with Crippen molar-refractivity contribution < 1.29 is 22.7 Å². The Morgan fingerprint density at radius 1 is 1.28 bits per heavy atom. The molecule has 2 aromatic rings. The van der Waals surface area contributed by atoms with Crippen LogP contribution in [0.4, 0.5) is 13.2 Å². The summed E-state index contributed by atoms with van der Waals surface area (Å²) >= 11 is 1.37. The second-order valence-corrected chi connectivity index (χ2v) is 5.84. The molecule has 1 aromatic heterocycles. The predicted molar refractivity (Wildman–Crippen MR) is 91.3 cm³/mol. The van der Waals surface area contributed by atoms with Crippen LogP contribution in [0.5, 0.6) is 5.75 Å². The molecule has 0 aliphatic rings. The van der Waals surface area contributed by atoms with Crippen LogP contribution in [-0.4, -0.2) is 30.2 Å². The first-order chi connectivity index (χ1) is 11.4. The van der Waals surface area contributed by atoms with Crippen LogP contribution in [0.1, 0.15) is 21.1 Å². The van der Waals surface area contributed by atoms with Crippen LogP contribution >= 0.6 is 23.7 Å². The molecule has 3 N–H and O–H groups in total. The van der Waals surface area contributed by atoms with Crippen LogP contribution < -0.4 is 15.8 Å². The number of nitrogens with one attached hydrogen (secondary N) is 1. The van der Waals surface area contributed by atoms with Crippen molar-refractivity contribution in [1.29, 1.82) is 0 Å². The molecule has 0 atom stereocenters. The Morgan fingerprint density at radius 3 is 2.56 bits per heavy atom. The number of carbonyl (C=O) groups excluding carboxylic acids is 1. The Labute approximate surface area is 152 Å². The highest BCUT2D eigenvalue weighted by molar-refractivity contribution is 7.09. The Morgan fingerprint density at radius 2 is 1.96 bits per heavy atom. The van der Waals surface area contributed by atoms with E-state index >= 15 is 0 Å². The van der Waals surface area contributed by atoms with Crippen LogP contribution in [0.3, 0.4) is 0 Å². The lowest BCUT2D eigenvalue weighted by Crippen LogP contribution is -2.23. The third kappa shape index (κ3) is 7.29. The van der Waals surface area contributed by atoms with Crippen molar-refractivity contribution in [2.45, 2.75) is 19.1 Å². The molecule has 0 aliphatic carbocycles. The molecular weight excluding hydrogens is 379 g/mol. The van der Waals surface area contributed by atoms with Crippen LogP contribution in [0, 0.1) is 0 Å². The van der Waals surface area contributed by atoms with Gasteiger partial charge in [-0.1, -0.05) is 12.1 Å². The van der Waals surface area contributed by atoms with Crippen molar-refractivity contribution in [1.82, 2.24) is 10.3 Å². The van der Waals surface area contributed by atoms with Gasteiger partial charge >= 0.3 is 6.18 Å². The van der Waals surface area contributed by atoms with Gasteiger partial charge < -0.3 is 15.8 Å². The Hall–Kier alpha value is -1.84. The Bertz CT molecular complexity index is 677. The zero-order valence-corrected chi connectivity index (χ0v) is 14.6. The predicted octanol–water partition coefficient (Wildman–Crippen LogP) is 2.94. The number of benzene rings is 1. The summed E-state index contributed by atoms with van der Waals surface area (Å²) in [6, 6.07) is 6.03. The monoisotopic (exact) mass is 395 g/mol. The van der Waals surface area contributed by atoms with Gasteiger partial charge in [0.05, 0.1) is 5.01 Å². The standard InChI is InChI=1S/C15H16F3N3O2S.ClH/c16-15(17,18)9-23-11-3-1-10(2-4-11)7-20-14(22)12-8-24-13(21-12)5-6-19;/h1-4,8H,5-7,9,19H2,(H,20,22);1H. The van der Waals surface area contributed by atoms with Gasteiger partial charge in [-0.3, -0.25) is 4.79 Å². The number of nitrogens with zero attached hydrogens (tertiary/aromatic N) is 1. The van der Waals surface area contributed by atoms with Gasteiger partial charge in [0.15, 0.2) is 6.61 Å². The van der Waals surface area contributed by atoms with E-state index in [9.17, 15) is 18.0 Å². The lowest BCUT2D eigenvalue weighted by atomic mass is 10.2. The number of aromatic nitrogens is 1. The average Bonchev–Trinajstić information content (AvgIpc) is 3.00. The normalized spacial score (nSPS) is 10.9. The number of carbonyl (C=O) groups is 1. The van der Waals surface area contributed by atoms with Gasteiger partial charge in [-0.15, -0.1) is 23.7 Å². The van der Waals surface area contributed by atoms with Gasteiger partial charge in [-0.05, 0) is 24.2 Å². The van der Waals surface area contributed by atoms with Crippen molar-refractivity contribution in [2.75, 3.05) is 13.2 Å². The molecule has 2 rings (SSSR count). The third-order valence-electron chi connectivity index (χ3n) is 2.92. The molecule has 0 unspecified atom stereocenters. The highest BCUT2D eigenvalue weighted by Gasteiger charge is 2.28. The van der Waals surface area contributed by atoms with E-state index in [0.29, 0.717) is 18.7 Å². The third-order valence-corrected chi connectivity index (χ3v) is 3.83.